The van der Waals surface area contributed by atoms with Crippen LogP contribution < -0.4 is 16.3 Å². The zero-order valence-electron chi connectivity index (χ0n) is 27.1. The zero-order chi connectivity index (χ0) is 34.3. The number of hydrogen-bond donors (Lipinski definition) is 3. The van der Waals surface area contributed by atoms with Gasteiger partial charge in [0.15, 0.2) is 11.6 Å². The number of carbonyl (C=O) groups is 3. The highest BCUT2D eigenvalue weighted by atomic mass is 35.5. The van der Waals surface area contributed by atoms with Gasteiger partial charge in [0.2, 0.25) is 5.91 Å². The number of benzene rings is 1. The first kappa shape index (κ1) is 35.3. The maximum absolute atomic E-state index is 15.8. The molecule has 0 aromatic heterocycles. The summed E-state index contributed by atoms with van der Waals surface area (Å²) in [6, 6.07) is 0.303. The summed E-state index contributed by atoms with van der Waals surface area (Å²) in [7, 11) is 1.20. The number of alkyl halides is 2. The molecule has 0 bridgehead atoms. The Labute approximate surface area is 278 Å². The van der Waals surface area contributed by atoms with Crippen LogP contribution in [0.15, 0.2) is 17.5 Å². The number of allylic oxidation sites excluding steroid dienone is 1. The summed E-state index contributed by atoms with van der Waals surface area (Å²) in [6.07, 6.45) is 5.47. The van der Waals surface area contributed by atoms with Gasteiger partial charge in [-0.15, -0.1) is 0 Å². The van der Waals surface area contributed by atoms with E-state index in [0.717, 1.165) is 38.2 Å². The number of nitrogens with zero attached hydrogens (tertiary/aromatic N) is 2. The molecule has 47 heavy (non-hydrogen) atoms. The third-order valence-corrected chi connectivity index (χ3v) is 11.6. The normalized spacial score (nSPS) is 27.6. The lowest BCUT2D eigenvalue weighted by Gasteiger charge is -2.44. The van der Waals surface area contributed by atoms with Crippen molar-refractivity contribution in [3.63, 3.8) is 0 Å². The molecule has 0 radical (unpaired) electrons. The van der Waals surface area contributed by atoms with Crippen molar-refractivity contribution in [1.29, 1.82) is 0 Å². The number of rotatable bonds is 10. The second kappa shape index (κ2) is 13.9. The minimum atomic E-state index is -3.01. The number of ether oxygens (including phenoxy) is 1. The molecule has 1 aromatic carbocycles. The molecule has 3 aliphatic carbocycles. The Balaban J connectivity index is 1.53. The molecule has 1 unspecified atom stereocenters. The molecule has 1 amide bonds. The average molecular weight is 683 g/mol. The minimum absolute atomic E-state index is 0.132. The first-order valence-electron chi connectivity index (χ1n) is 16.6. The molecule has 9 nitrogen and oxygen atoms in total. The van der Waals surface area contributed by atoms with E-state index in [1.165, 1.54) is 7.05 Å². The van der Waals surface area contributed by atoms with Crippen LogP contribution in [-0.2, 0) is 20.8 Å². The Hall–Kier alpha value is -2.99. The lowest BCUT2D eigenvalue weighted by Crippen LogP contribution is -2.51. The maximum Gasteiger partial charge on any atom is 0.310 e. The highest BCUT2D eigenvalue weighted by Gasteiger charge is 2.50. The Morgan fingerprint density at radius 2 is 1.89 bits per heavy atom. The van der Waals surface area contributed by atoms with Crippen molar-refractivity contribution in [1.82, 2.24) is 9.91 Å². The SMILES string of the molecule is CN(N)/C(=C(\N)COc1c(F)cc(Cl)c2c1[C@@H](CCC1CCCC3(CC3)CC1=O)N(C(=O)[C@@H]1CCCC[C@]1(C)C(=O)O)CC2)C(F)F. The summed E-state index contributed by atoms with van der Waals surface area (Å²) >= 11 is 6.59. The maximum atomic E-state index is 15.8. The highest BCUT2D eigenvalue weighted by molar-refractivity contribution is 6.31. The second-order valence-corrected chi connectivity index (χ2v) is 14.7. The summed E-state index contributed by atoms with van der Waals surface area (Å²) in [6.45, 7) is 1.21. The number of carbonyl (C=O) groups excluding carboxylic acids is 2. The third-order valence-electron chi connectivity index (χ3n) is 11.2. The Morgan fingerprint density at radius 3 is 2.53 bits per heavy atom. The van der Waals surface area contributed by atoms with Crippen molar-refractivity contribution in [2.24, 2.45) is 34.2 Å². The topological polar surface area (TPSA) is 139 Å². The van der Waals surface area contributed by atoms with Gasteiger partial charge >= 0.3 is 5.97 Å². The number of aliphatic carboxylic acids is 1. The van der Waals surface area contributed by atoms with Crippen molar-refractivity contribution >= 4 is 29.3 Å². The molecule has 5 rings (SSSR count). The fraction of sp³-hybridized carbons (Fsp3) is 0.676. The number of carboxylic acid groups (broad SMARTS) is 1. The zero-order valence-corrected chi connectivity index (χ0v) is 27.9. The van der Waals surface area contributed by atoms with Crippen LogP contribution in [0, 0.1) is 28.5 Å². The number of hydrazine groups is 1. The van der Waals surface area contributed by atoms with E-state index in [0.29, 0.717) is 54.7 Å². The first-order valence-corrected chi connectivity index (χ1v) is 17.0. The van der Waals surface area contributed by atoms with Crippen LogP contribution in [0.5, 0.6) is 5.75 Å². The van der Waals surface area contributed by atoms with Gasteiger partial charge in [0, 0.05) is 36.5 Å². The predicted molar refractivity (Wildman–Crippen MR) is 170 cm³/mol. The molecule has 1 aromatic rings. The Kier molecular flexibility index (Phi) is 10.4. The van der Waals surface area contributed by atoms with Crippen molar-refractivity contribution in [2.45, 2.75) is 103 Å². The number of fused-ring (bicyclic) bond motifs is 1. The first-order chi connectivity index (χ1) is 22.2. The Bertz CT molecular complexity index is 1420. The largest absolute Gasteiger partial charge is 0.484 e. The average Bonchev–Trinajstić information content (AvgIpc) is 3.78. The summed E-state index contributed by atoms with van der Waals surface area (Å²) in [5.41, 5.74) is 4.60. The monoisotopic (exact) mass is 682 g/mol. The van der Waals surface area contributed by atoms with Crippen molar-refractivity contribution in [3.05, 3.63) is 39.4 Å². The van der Waals surface area contributed by atoms with E-state index in [-0.39, 0.29) is 53.2 Å². The van der Waals surface area contributed by atoms with Gasteiger partial charge in [-0.2, -0.15) is 0 Å². The predicted octanol–water partition coefficient (Wildman–Crippen LogP) is 6.13. The van der Waals surface area contributed by atoms with Crippen LogP contribution in [0.3, 0.4) is 0 Å². The number of carboxylic acids is 1. The highest BCUT2D eigenvalue weighted by Crippen LogP contribution is 2.55. The fourth-order valence-electron chi connectivity index (χ4n) is 8.20. The fourth-order valence-corrected chi connectivity index (χ4v) is 8.50. The molecule has 1 spiro atoms. The van der Waals surface area contributed by atoms with Crippen molar-refractivity contribution < 1.29 is 37.4 Å². The van der Waals surface area contributed by atoms with E-state index in [1.54, 1.807) is 11.8 Å². The molecule has 1 aliphatic heterocycles. The van der Waals surface area contributed by atoms with E-state index in [2.05, 4.69) is 0 Å². The van der Waals surface area contributed by atoms with Gasteiger partial charge in [0.25, 0.3) is 6.43 Å². The third kappa shape index (κ3) is 7.09. The molecule has 5 N–H and O–H groups in total. The molecule has 3 fully saturated rings. The molecule has 1 heterocycles. The van der Waals surface area contributed by atoms with Gasteiger partial charge in [-0.1, -0.05) is 30.9 Å². The molecule has 4 aliphatic rings. The molecular weight excluding hydrogens is 637 g/mol. The smallest absolute Gasteiger partial charge is 0.310 e. The van der Waals surface area contributed by atoms with Gasteiger partial charge in [-0.05, 0) is 81.8 Å². The summed E-state index contributed by atoms with van der Waals surface area (Å²) in [4.78, 5) is 41.9. The summed E-state index contributed by atoms with van der Waals surface area (Å²) in [5, 5.41) is 11.0. The summed E-state index contributed by atoms with van der Waals surface area (Å²) in [5.74, 6) is 2.25. The number of hydrogen-bond acceptors (Lipinski definition) is 7. The molecular formula is C34H46ClF3N4O5. The van der Waals surface area contributed by atoms with Crippen LogP contribution in [0.25, 0.3) is 0 Å². The van der Waals surface area contributed by atoms with Crippen LogP contribution in [0.2, 0.25) is 5.02 Å². The lowest BCUT2D eigenvalue weighted by molar-refractivity contribution is -0.162. The number of amides is 1. The van der Waals surface area contributed by atoms with Gasteiger partial charge in [-0.25, -0.2) is 19.0 Å². The standard InChI is InChI=1S/C34H46ClF3N4O5/c1-33(32(45)46)11-4-3-7-21(33)31(44)42-15-10-20-22(35)16-23(36)29(47-18-24(39)28(30(37)38)41(2)40)27(20)25(42)9-8-19-6-5-12-34(13-14-34)17-26(19)43/h16,19,21,25,30H,3-15,17-18,39-40H2,1-2H3,(H,45,46)/b28-24-/t19?,21-,25+,33-/m0/s1. The quantitative estimate of drug-likeness (QED) is 0.198. The van der Waals surface area contributed by atoms with E-state index in [9.17, 15) is 28.3 Å². The van der Waals surface area contributed by atoms with Crippen molar-refractivity contribution in [2.75, 3.05) is 20.2 Å². The molecule has 0 saturated heterocycles. The van der Waals surface area contributed by atoms with Crippen LogP contribution in [0.4, 0.5) is 13.2 Å². The van der Waals surface area contributed by atoms with Gasteiger partial charge in [0.1, 0.15) is 18.1 Å². The number of nitrogens with two attached hydrogens (primary N) is 2. The van der Waals surface area contributed by atoms with Crippen LogP contribution >= 0.6 is 11.6 Å². The van der Waals surface area contributed by atoms with E-state index < -0.39 is 53.6 Å². The van der Waals surface area contributed by atoms with Gasteiger partial charge in [0.05, 0.1) is 23.1 Å². The van der Waals surface area contributed by atoms with E-state index in [1.807, 2.05) is 0 Å². The number of Topliss-reactive ketones (excluding diaryl/α,β-unsaturated/α-hetero) is 1. The van der Waals surface area contributed by atoms with Crippen molar-refractivity contribution in [3.8, 4) is 5.75 Å². The van der Waals surface area contributed by atoms with Gasteiger partial charge < -0.3 is 25.5 Å². The molecule has 4 atom stereocenters. The molecule has 260 valence electrons. The lowest BCUT2D eigenvalue weighted by atomic mass is 9.66. The van der Waals surface area contributed by atoms with Crippen LogP contribution in [0.1, 0.15) is 101 Å². The van der Waals surface area contributed by atoms with E-state index in [4.69, 9.17) is 27.9 Å². The molecule has 3 saturated carbocycles. The minimum Gasteiger partial charge on any atom is -0.484 e. The number of halogens is 4. The molecule has 13 heteroatoms. The number of ketones is 1. The van der Waals surface area contributed by atoms with Crippen LogP contribution in [-0.4, -0.2) is 59.3 Å². The summed E-state index contributed by atoms with van der Waals surface area (Å²) < 4.78 is 49.1. The second-order valence-electron chi connectivity index (χ2n) is 14.3. The van der Waals surface area contributed by atoms with Gasteiger partial charge in [-0.3, -0.25) is 14.4 Å². The Morgan fingerprint density at radius 1 is 1.17 bits per heavy atom. The van der Waals surface area contributed by atoms with E-state index >= 15 is 4.39 Å².